The van der Waals surface area contributed by atoms with Crippen molar-refractivity contribution in [3.8, 4) is 22.9 Å². The zero-order valence-corrected chi connectivity index (χ0v) is 10.9. The molecule has 0 spiro atoms. The van der Waals surface area contributed by atoms with Crippen LogP contribution in [0.15, 0.2) is 22.7 Å². The van der Waals surface area contributed by atoms with Crippen molar-refractivity contribution in [2.75, 3.05) is 0 Å². The molecule has 102 valence electrons. The molecule has 1 unspecified atom stereocenters. The molecule has 0 radical (unpaired) electrons. The van der Waals surface area contributed by atoms with Crippen LogP contribution in [0.2, 0.25) is 0 Å². The summed E-state index contributed by atoms with van der Waals surface area (Å²) in [7, 11) is 0. The summed E-state index contributed by atoms with van der Waals surface area (Å²) in [6, 6.07) is 4.34. The molecule has 1 aromatic heterocycles. The topological polar surface area (TPSA) is 105 Å². The number of hydrogen-bond acceptors (Lipinski definition) is 6. The second-order valence-corrected chi connectivity index (χ2v) is 4.79. The van der Waals surface area contributed by atoms with Gasteiger partial charge in [-0.05, 0) is 31.5 Å². The first-order valence-electron chi connectivity index (χ1n) is 6.09. The minimum absolute atomic E-state index is 0.192. The number of nitrogens with zero attached hydrogens (tertiary/aromatic N) is 2. The van der Waals surface area contributed by atoms with Crippen molar-refractivity contribution >= 4 is 0 Å². The molecule has 2 rings (SSSR count). The summed E-state index contributed by atoms with van der Waals surface area (Å²) >= 11 is 0. The van der Waals surface area contributed by atoms with Crippen molar-refractivity contribution in [3.05, 3.63) is 24.1 Å². The summed E-state index contributed by atoms with van der Waals surface area (Å²) in [4.78, 5) is 4.25. The lowest BCUT2D eigenvalue weighted by Gasteiger charge is -2.18. The minimum Gasteiger partial charge on any atom is -0.504 e. The van der Waals surface area contributed by atoms with Crippen LogP contribution in [0, 0.1) is 0 Å². The third-order valence-corrected chi connectivity index (χ3v) is 2.92. The normalized spacial score (nSPS) is 14.3. The van der Waals surface area contributed by atoms with E-state index in [-0.39, 0.29) is 11.5 Å². The molecule has 2 aromatic rings. The van der Waals surface area contributed by atoms with Gasteiger partial charge in [0, 0.05) is 5.56 Å². The van der Waals surface area contributed by atoms with E-state index in [4.69, 9.17) is 10.3 Å². The fourth-order valence-corrected chi connectivity index (χ4v) is 1.86. The Morgan fingerprint density at radius 3 is 2.68 bits per heavy atom. The van der Waals surface area contributed by atoms with Gasteiger partial charge < -0.3 is 20.5 Å². The summed E-state index contributed by atoms with van der Waals surface area (Å²) in [6.45, 7) is 3.86. The van der Waals surface area contributed by atoms with Crippen LogP contribution in [0.25, 0.3) is 11.4 Å². The van der Waals surface area contributed by atoms with Crippen LogP contribution in [0.1, 0.15) is 32.6 Å². The summed E-state index contributed by atoms with van der Waals surface area (Å²) in [5.74, 6) is 0.269. The zero-order chi connectivity index (χ0) is 14.0. The van der Waals surface area contributed by atoms with Gasteiger partial charge >= 0.3 is 0 Å². The predicted molar refractivity (Wildman–Crippen MR) is 69.5 cm³/mol. The van der Waals surface area contributed by atoms with Gasteiger partial charge in [-0.1, -0.05) is 18.5 Å². The molecule has 19 heavy (non-hydrogen) atoms. The van der Waals surface area contributed by atoms with Crippen molar-refractivity contribution in [3.63, 3.8) is 0 Å². The molecule has 0 bridgehead atoms. The van der Waals surface area contributed by atoms with Gasteiger partial charge in [-0.25, -0.2) is 0 Å². The number of hydrogen-bond donors (Lipinski definition) is 3. The number of nitrogens with two attached hydrogens (primary N) is 1. The highest BCUT2D eigenvalue weighted by Gasteiger charge is 2.27. The van der Waals surface area contributed by atoms with E-state index in [0.717, 1.165) is 12.8 Å². The quantitative estimate of drug-likeness (QED) is 0.730. The first-order valence-corrected chi connectivity index (χ1v) is 6.09. The Morgan fingerprint density at radius 2 is 2.05 bits per heavy atom. The second kappa shape index (κ2) is 4.89. The van der Waals surface area contributed by atoms with Crippen molar-refractivity contribution in [2.45, 2.75) is 32.2 Å². The highest BCUT2D eigenvalue weighted by Crippen LogP contribution is 2.30. The van der Waals surface area contributed by atoms with Crippen LogP contribution in [0.5, 0.6) is 11.5 Å². The van der Waals surface area contributed by atoms with Crippen LogP contribution in [0.3, 0.4) is 0 Å². The predicted octanol–water partition coefficient (Wildman–Crippen LogP) is 2.12. The lowest BCUT2D eigenvalue weighted by molar-refractivity contribution is 0.284. The zero-order valence-electron chi connectivity index (χ0n) is 10.9. The minimum atomic E-state index is -0.668. The summed E-state index contributed by atoms with van der Waals surface area (Å²) in [6.07, 6.45) is 1.64. The van der Waals surface area contributed by atoms with E-state index in [1.165, 1.54) is 12.1 Å². The molecule has 0 saturated heterocycles. The Bertz CT molecular complexity index is 578. The van der Waals surface area contributed by atoms with Gasteiger partial charge in [0.2, 0.25) is 11.7 Å². The summed E-state index contributed by atoms with van der Waals surface area (Å²) in [5, 5.41) is 22.6. The highest BCUT2D eigenvalue weighted by atomic mass is 16.5. The number of phenolic OH excluding ortho intramolecular Hbond substituents is 2. The van der Waals surface area contributed by atoms with E-state index in [0.29, 0.717) is 17.3 Å². The van der Waals surface area contributed by atoms with E-state index >= 15 is 0 Å². The molecule has 4 N–H and O–H groups in total. The molecule has 1 aromatic carbocycles. The lowest BCUT2D eigenvalue weighted by Crippen LogP contribution is -2.33. The number of phenols is 2. The molecular formula is C13H17N3O3. The first kappa shape index (κ1) is 13.4. The van der Waals surface area contributed by atoms with Gasteiger partial charge in [-0.3, -0.25) is 0 Å². The Labute approximate surface area is 110 Å². The highest BCUT2D eigenvalue weighted by molar-refractivity contribution is 5.59. The molecule has 0 aliphatic carbocycles. The van der Waals surface area contributed by atoms with Crippen LogP contribution in [-0.4, -0.2) is 20.4 Å². The van der Waals surface area contributed by atoms with Crippen LogP contribution in [-0.2, 0) is 5.54 Å². The monoisotopic (exact) mass is 263 g/mol. The van der Waals surface area contributed by atoms with E-state index in [9.17, 15) is 10.2 Å². The van der Waals surface area contributed by atoms with E-state index in [1.807, 2.05) is 13.8 Å². The molecule has 1 atom stereocenters. The third-order valence-electron chi connectivity index (χ3n) is 2.92. The van der Waals surface area contributed by atoms with Gasteiger partial charge in [0.05, 0.1) is 5.54 Å². The molecule has 0 amide bonds. The van der Waals surface area contributed by atoms with E-state index in [1.54, 1.807) is 6.07 Å². The Kier molecular flexibility index (Phi) is 3.44. The van der Waals surface area contributed by atoms with Gasteiger partial charge in [-0.15, -0.1) is 0 Å². The van der Waals surface area contributed by atoms with Crippen LogP contribution < -0.4 is 5.73 Å². The Hall–Kier alpha value is -2.08. The van der Waals surface area contributed by atoms with Gasteiger partial charge in [0.15, 0.2) is 11.5 Å². The van der Waals surface area contributed by atoms with Gasteiger partial charge in [0.25, 0.3) is 0 Å². The van der Waals surface area contributed by atoms with Crippen LogP contribution >= 0.6 is 0 Å². The maximum atomic E-state index is 9.45. The summed E-state index contributed by atoms with van der Waals surface area (Å²) < 4.78 is 5.18. The van der Waals surface area contributed by atoms with E-state index < -0.39 is 5.54 Å². The lowest BCUT2D eigenvalue weighted by atomic mass is 9.98. The number of benzene rings is 1. The molecular weight excluding hydrogens is 246 g/mol. The van der Waals surface area contributed by atoms with Crippen molar-refractivity contribution in [2.24, 2.45) is 5.73 Å². The number of aromatic hydroxyl groups is 2. The van der Waals surface area contributed by atoms with Crippen LogP contribution in [0.4, 0.5) is 0 Å². The second-order valence-electron chi connectivity index (χ2n) is 4.79. The van der Waals surface area contributed by atoms with E-state index in [2.05, 4.69) is 10.1 Å². The van der Waals surface area contributed by atoms with Crippen molar-refractivity contribution < 1.29 is 14.7 Å². The first-order chi connectivity index (χ1) is 8.94. The molecule has 0 aliphatic heterocycles. The molecule has 1 heterocycles. The maximum absolute atomic E-state index is 9.45. The van der Waals surface area contributed by atoms with Crippen molar-refractivity contribution in [1.82, 2.24) is 10.1 Å². The molecule has 0 fully saturated rings. The molecule has 6 nitrogen and oxygen atoms in total. The number of rotatable bonds is 4. The van der Waals surface area contributed by atoms with Gasteiger partial charge in [-0.2, -0.15) is 4.98 Å². The smallest absolute Gasteiger partial charge is 0.246 e. The average Bonchev–Trinajstić information content (AvgIpc) is 2.83. The number of aromatic nitrogens is 2. The standard InChI is InChI=1S/C13H17N3O3/c1-3-6-13(2,14)12-15-11(16-19-12)8-4-5-9(17)10(18)7-8/h4-5,7,17-18H,3,6,14H2,1-2H3. The Morgan fingerprint density at radius 1 is 1.32 bits per heavy atom. The fraction of sp³-hybridized carbons (Fsp3) is 0.385. The largest absolute Gasteiger partial charge is 0.504 e. The third kappa shape index (κ3) is 2.68. The fourth-order valence-electron chi connectivity index (χ4n) is 1.86. The average molecular weight is 263 g/mol. The SMILES string of the molecule is CCCC(C)(N)c1nc(-c2ccc(O)c(O)c2)no1. The molecule has 0 saturated carbocycles. The maximum Gasteiger partial charge on any atom is 0.246 e. The van der Waals surface area contributed by atoms with Crippen molar-refractivity contribution in [1.29, 1.82) is 0 Å². The Balaban J connectivity index is 2.33. The van der Waals surface area contributed by atoms with Gasteiger partial charge in [0.1, 0.15) is 0 Å². The molecule has 0 aliphatic rings. The summed E-state index contributed by atoms with van der Waals surface area (Å²) in [5.41, 5.74) is 5.99. The molecule has 6 heteroatoms.